The molecule has 0 aromatic heterocycles. The average Bonchev–Trinajstić information content (AvgIpc) is 3.36. The second-order valence-corrected chi connectivity index (χ2v) is 9.67. The normalized spacial score (nSPS) is 17.4. The number of carbonyl (C=O) groups is 2. The van der Waals surface area contributed by atoms with Gasteiger partial charge in [0.1, 0.15) is 0 Å². The highest BCUT2D eigenvalue weighted by atomic mass is 79.9. The summed E-state index contributed by atoms with van der Waals surface area (Å²) in [5.41, 5.74) is 4.37. The number of nitrogens with zero attached hydrogens (tertiary/aromatic N) is 2. The Balaban J connectivity index is 1.42. The van der Waals surface area contributed by atoms with Gasteiger partial charge in [-0.3, -0.25) is 4.79 Å². The maximum absolute atomic E-state index is 13.8. The van der Waals surface area contributed by atoms with E-state index in [2.05, 4.69) is 33.3 Å². The van der Waals surface area contributed by atoms with Crippen LogP contribution in [0.2, 0.25) is 0 Å². The molecule has 0 saturated heterocycles. The van der Waals surface area contributed by atoms with E-state index in [1.807, 2.05) is 42.5 Å². The highest BCUT2D eigenvalue weighted by Gasteiger charge is 2.37. The molecule has 3 aromatic carbocycles. The molecule has 37 heavy (non-hydrogen) atoms. The standard InChI is InChI=1S/C27H21BrN4O5/c1-31(2)37-21-9-7-15(11-19(21)28)24-18-13-32(26(33)16-8-10-22-23(12-16)36-14-35-22)20-6-4-3-5-17(20)25(18)30-27(34)29-24/h3-12,24H,1,13-14H2,2H3,(H-,29,30,34)/p+1. The number of urea groups is 1. The van der Waals surface area contributed by atoms with Crippen molar-refractivity contribution < 1.29 is 28.6 Å². The monoisotopic (exact) mass is 561 g/mol. The number of carbonyl (C=O) groups excluding carboxylic acids is 2. The summed E-state index contributed by atoms with van der Waals surface area (Å²) < 4.78 is 12.9. The summed E-state index contributed by atoms with van der Waals surface area (Å²) in [7, 11) is 1.69. The van der Waals surface area contributed by atoms with Gasteiger partial charge in [-0.1, -0.05) is 24.3 Å². The number of anilines is 1. The smallest absolute Gasteiger partial charge is 0.320 e. The van der Waals surface area contributed by atoms with Crippen LogP contribution in [0.3, 0.4) is 0 Å². The van der Waals surface area contributed by atoms with Gasteiger partial charge in [-0.15, -0.1) is 0 Å². The first kappa shape index (κ1) is 23.1. The maximum Gasteiger partial charge on any atom is 0.320 e. The molecule has 3 aliphatic heterocycles. The summed E-state index contributed by atoms with van der Waals surface area (Å²) in [5, 5.41) is 5.98. The molecule has 0 fully saturated rings. The van der Waals surface area contributed by atoms with Crippen LogP contribution in [0.1, 0.15) is 27.5 Å². The summed E-state index contributed by atoms with van der Waals surface area (Å²) in [6.07, 6.45) is 0. The van der Waals surface area contributed by atoms with Crippen molar-refractivity contribution in [3.63, 3.8) is 0 Å². The molecule has 0 radical (unpaired) electrons. The molecule has 0 bridgehead atoms. The number of halogens is 1. The summed E-state index contributed by atoms with van der Waals surface area (Å²) >= 11 is 3.55. The number of rotatable bonds is 4. The largest absolute Gasteiger partial charge is 0.454 e. The number of fused-ring (bicyclic) bond motifs is 3. The van der Waals surface area contributed by atoms with Gasteiger partial charge in [-0.25, -0.2) is 9.63 Å². The van der Waals surface area contributed by atoms with Gasteiger partial charge in [0.05, 0.1) is 28.4 Å². The van der Waals surface area contributed by atoms with Crippen molar-refractivity contribution in [3.05, 3.63) is 87.4 Å². The van der Waals surface area contributed by atoms with Crippen LogP contribution in [0, 0.1) is 0 Å². The van der Waals surface area contributed by atoms with Crippen molar-refractivity contribution in [2.75, 3.05) is 25.3 Å². The minimum Gasteiger partial charge on any atom is -0.454 e. The van der Waals surface area contributed by atoms with E-state index < -0.39 is 6.04 Å². The second-order valence-electron chi connectivity index (χ2n) is 8.82. The molecule has 0 saturated carbocycles. The molecule has 3 heterocycles. The van der Waals surface area contributed by atoms with E-state index in [1.54, 1.807) is 30.1 Å². The molecule has 0 aliphatic carbocycles. The molecule has 3 aromatic rings. The van der Waals surface area contributed by atoms with Crippen LogP contribution in [-0.2, 0) is 0 Å². The van der Waals surface area contributed by atoms with Crippen LogP contribution in [-0.4, -0.2) is 43.8 Å². The average molecular weight is 562 g/mol. The topological polar surface area (TPSA) is 92.1 Å². The van der Waals surface area contributed by atoms with Crippen molar-refractivity contribution >= 4 is 46.0 Å². The van der Waals surface area contributed by atoms with E-state index in [9.17, 15) is 9.59 Å². The Kier molecular flexibility index (Phi) is 5.60. The molecule has 1 unspecified atom stereocenters. The Morgan fingerprint density at radius 1 is 1.14 bits per heavy atom. The molecule has 2 N–H and O–H groups in total. The molecule has 0 spiro atoms. The molecule has 3 amide bonds. The summed E-state index contributed by atoms with van der Waals surface area (Å²) in [4.78, 5) is 33.9. The van der Waals surface area contributed by atoms with Crippen LogP contribution in [0.4, 0.5) is 10.5 Å². The van der Waals surface area contributed by atoms with E-state index in [4.69, 9.17) is 14.3 Å². The SMILES string of the molecule is C=[N+](C)Oc1ccc(C2NC(=O)NC3=C2CN(C(=O)c2ccc4c(c2)OCO4)c2ccccc23)cc1Br. The molecule has 1 atom stereocenters. The third kappa shape index (κ3) is 4.09. The van der Waals surface area contributed by atoms with Crippen LogP contribution in [0.15, 0.2) is 70.7 Å². The van der Waals surface area contributed by atoms with Crippen molar-refractivity contribution in [1.82, 2.24) is 10.6 Å². The Hall–Kier alpha value is -4.31. The zero-order chi connectivity index (χ0) is 25.7. The fraction of sp³-hybridized carbons (Fsp3) is 0.148. The minimum atomic E-state index is -0.466. The van der Waals surface area contributed by atoms with Gasteiger partial charge in [0.2, 0.25) is 12.5 Å². The number of hydrogen-bond donors (Lipinski definition) is 2. The third-order valence-electron chi connectivity index (χ3n) is 6.38. The molecule has 3 aliphatic rings. The Morgan fingerprint density at radius 3 is 2.76 bits per heavy atom. The fourth-order valence-corrected chi connectivity index (χ4v) is 5.24. The van der Waals surface area contributed by atoms with E-state index in [-0.39, 0.29) is 25.3 Å². The molecule has 10 heteroatoms. The lowest BCUT2D eigenvalue weighted by Crippen LogP contribution is -2.49. The summed E-state index contributed by atoms with van der Waals surface area (Å²) in [6.45, 7) is 4.11. The van der Waals surface area contributed by atoms with Crippen LogP contribution in [0.5, 0.6) is 17.2 Å². The van der Waals surface area contributed by atoms with E-state index in [1.165, 1.54) is 4.74 Å². The van der Waals surface area contributed by atoms with Gasteiger partial charge in [-0.2, -0.15) is 0 Å². The van der Waals surface area contributed by atoms with Gasteiger partial charge in [-0.05, 0) is 62.6 Å². The molecular formula is C27H22BrN4O5+. The molecule has 186 valence electrons. The number of amides is 3. The highest BCUT2D eigenvalue weighted by molar-refractivity contribution is 9.10. The number of benzene rings is 3. The number of nitrogens with one attached hydrogen (secondary N) is 2. The zero-order valence-corrected chi connectivity index (χ0v) is 21.4. The molecule has 9 nitrogen and oxygen atoms in total. The lowest BCUT2D eigenvalue weighted by molar-refractivity contribution is -0.716. The number of para-hydroxylation sites is 1. The van der Waals surface area contributed by atoms with Crippen molar-refractivity contribution in [1.29, 1.82) is 0 Å². The van der Waals surface area contributed by atoms with Gasteiger partial charge in [0.15, 0.2) is 25.3 Å². The van der Waals surface area contributed by atoms with E-state index >= 15 is 0 Å². The Labute approximate surface area is 221 Å². The van der Waals surface area contributed by atoms with E-state index in [0.717, 1.165) is 16.7 Å². The lowest BCUT2D eigenvalue weighted by atomic mass is 9.88. The second kappa shape index (κ2) is 8.97. The predicted molar refractivity (Wildman–Crippen MR) is 140 cm³/mol. The first-order valence-electron chi connectivity index (χ1n) is 11.5. The van der Waals surface area contributed by atoms with Gasteiger partial charge in [0.25, 0.3) is 5.91 Å². The van der Waals surface area contributed by atoms with Gasteiger partial charge < -0.3 is 25.0 Å². The molecule has 6 rings (SSSR count). The van der Waals surface area contributed by atoms with Crippen molar-refractivity contribution in [2.45, 2.75) is 6.04 Å². The summed E-state index contributed by atoms with van der Waals surface area (Å²) in [5.74, 6) is 1.56. The molecular weight excluding hydrogens is 540 g/mol. The van der Waals surface area contributed by atoms with Gasteiger partial charge in [0, 0.05) is 16.7 Å². The highest BCUT2D eigenvalue weighted by Crippen LogP contribution is 2.42. The number of hydrogen-bond acceptors (Lipinski definition) is 5. The van der Waals surface area contributed by atoms with Crippen LogP contribution in [0.25, 0.3) is 5.70 Å². The van der Waals surface area contributed by atoms with Crippen LogP contribution < -0.4 is 29.8 Å². The number of hydroxylamine groups is 1. The Bertz CT molecular complexity index is 1520. The maximum atomic E-state index is 13.8. The predicted octanol–water partition coefficient (Wildman–Crippen LogP) is 4.24. The van der Waals surface area contributed by atoms with Crippen molar-refractivity contribution in [2.24, 2.45) is 0 Å². The van der Waals surface area contributed by atoms with Crippen molar-refractivity contribution in [3.8, 4) is 17.2 Å². The number of ether oxygens (including phenoxy) is 2. The summed E-state index contributed by atoms with van der Waals surface area (Å²) in [6, 6.07) is 17.5. The Morgan fingerprint density at radius 2 is 1.95 bits per heavy atom. The van der Waals surface area contributed by atoms with Crippen LogP contribution >= 0.6 is 15.9 Å². The lowest BCUT2D eigenvalue weighted by Gasteiger charge is -2.39. The minimum absolute atomic E-state index is 0.132. The first-order valence-corrected chi connectivity index (χ1v) is 12.3. The third-order valence-corrected chi connectivity index (χ3v) is 7.00. The van der Waals surface area contributed by atoms with Gasteiger partial charge >= 0.3 is 6.03 Å². The zero-order valence-electron chi connectivity index (χ0n) is 19.8. The fourth-order valence-electron chi connectivity index (χ4n) is 4.77. The first-order chi connectivity index (χ1) is 17.9. The van der Waals surface area contributed by atoms with E-state index in [0.29, 0.717) is 38.7 Å². The quantitative estimate of drug-likeness (QED) is 0.282.